The Balaban J connectivity index is 1.82. The lowest BCUT2D eigenvalue weighted by molar-refractivity contribution is 0.0219. The molecule has 2 aromatic carbocycles. The predicted molar refractivity (Wildman–Crippen MR) is 123 cm³/mol. The van der Waals surface area contributed by atoms with Crippen LogP contribution in [0.3, 0.4) is 0 Å². The smallest absolute Gasteiger partial charge is 0.267 e. The van der Waals surface area contributed by atoms with Gasteiger partial charge in [-0.2, -0.15) is 5.26 Å². The number of fused-ring (bicyclic) bond motifs is 1. The predicted octanol–water partition coefficient (Wildman–Crippen LogP) is 3.87. The van der Waals surface area contributed by atoms with Crippen molar-refractivity contribution >= 4 is 34.1 Å². The molecule has 0 spiro atoms. The SMILES string of the molecule is N#Cc1c(N)ncnc1N1CC(F)(F)C[C@H]1c1nc2cccc(Cl)c2c(=O)n1-c1ccccc1. The summed E-state index contributed by atoms with van der Waals surface area (Å²) >= 11 is 6.31. The van der Waals surface area contributed by atoms with Crippen LogP contribution in [0.5, 0.6) is 0 Å². The molecule has 170 valence electrons. The van der Waals surface area contributed by atoms with E-state index in [9.17, 15) is 18.8 Å². The molecular weight excluding hydrogens is 464 g/mol. The first kappa shape index (κ1) is 21.7. The van der Waals surface area contributed by atoms with Crippen LogP contribution in [0.25, 0.3) is 16.6 Å². The molecular formula is C23H16ClF2N7O. The zero-order valence-electron chi connectivity index (χ0n) is 17.5. The Morgan fingerprint density at radius 3 is 2.65 bits per heavy atom. The fraction of sp³-hybridized carbons (Fsp3) is 0.174. The van der Waals surface area contributed by atoms with Crippen molar-refractivity contribution in [3.63, 3.8) is 0 Å². The monoisotopic (exact) mass is 479 g/mol. The van der Waals surface area contributed by atoms with E-state index in [-0.39, 0.29) is 38.9 Å². The van der Waals surface area contributed by atoms with Crippen LogP contribution in [0.1, 0.15) is 23.9 Å². The Morgan fingerprint density at radius 1 is 1.15 bits per heavy atom. The third-order valence-electron chi connectivity index (χ3n) is 5.70. The number of aromatic nitrogens is 4. The van der Waals surface area contributed by atoms with Crippen molar-refractivity contribution in [1.29, 1.82) is 5.26 Å². The van der Waals surface area contributed by atoms with Crippen LogP contribution in [0, 0.1) is 11.3 Å². The van der Waals surface area contributed by atoms with Crippen LogP contribution in [0.15, 0.2) is 59.7 Å². The fourth-order valence-electron chi connectivity index (χ4n) is 4.24. The first-order chi connectivity index (χ1) is 16.3. The van der Waals surface area contributed by atoms with Gasteiger partial charge in [0, 0.05) is 6.42 Å². The molecule has 1 atom stereocenters. The van der Waals surface area contributed by atoms with Gasteiger partial charge in [0.15, 0.2) is 5.82 Å². The summed E-state index contributed by atoms with van der Waals surface area (Å²) in [4.78, 5) is 27.4. The Bertz CT molecular complexity index is 1520. The van der Waals surface area contributed by atoms with Gasteiger partial charge in [-0.15, -0.1) is 0 Å². The maximum Gasteiger partial charge on any atom is 0.267 e. The fourth-order valence-corrected chi connectivity index (χ4v) is 4.49. The number of hydrogen-bond donors (Lipinski definition) is 1. The molecule has 0 aliphatic carbocycles. The molecule has 0 bridgehead atoms. The lowest BCUT2D eigenvalue weighted by Crippen LogP contribution is -2.33. The van der Waals surface area contributed by atoms with Crippen molar-refractivity contribution in [1.82, 2.24) is 19.5 Å². The summed E-state index contributed by atoms with van der Waals surface area (Å²) < 4.78 is 30.9. The number of nitrogens with two attached hydrogens (primary N) is 1. The Morgan fingerprint density at radius 2 is 1.91 bits per heavy atom. The number of benzene rings is 2. The summed E-state index contributed by atoms with van der Waals surface area (Å²) in [5, 5.41) is 9.97. The second-order valence-corrected chi connectivity index (χ2v) is 8.26. The van der Waals surface area contributed by atoms with Gasteiger partial charge in [-0.25, -0.2) is 23.7 Å². The molecule has 0 unspecified atom stereocenters. The van der Waals surface area contributed by atoms with Crippen molar-refractivity contribution in [3.05, 3.63) is 81.6 Å². The van der Waals surface area contributed by atoms with E-state index >= 15 is 0 Å². The van der Waals surface area contributed by atoms with Crippen LogP contribution in [0.2, 0.25) is 5.02 Å². The van der Waals surface area contributed by atoms with Crippen molar-refractivity contribution < 1.29 is 8.78 Å². The largest absolute Gasteiger partial charge is 0.382 e. The summed E-state index contributed by atoms with van der Waals surface area (Å²) in [6.45, 7) is -0.735. The minimum atomic E-state index is -3.14. The molecule has 2 N–H and O–H groups in total. The van der Waals surface area contributed by atoms with Gasteiger partial charge in [-0.1, -0.05) is 35.9 Å². The number of nitrogen functional groups attached to an aromatic ring is 1. The molecule has 1 saturated heterocycles. The van der Waals surface area contributed by atoms with E-state index in [0.717, 1.165) is 6.33 Å². The van der Waals surface area contributed by atoms with Crippen molar-refractivity contribution in [2.24, 2.45) is 0 Å². The lowest BCUT2D eigenvalue weighted by atomic mass is 10.1. The second-order valence-electron chi connectivity index (χ2n) is 7.85. The number of nitriles is 1. The summed E-state index contributed by atoms with van der Waals surface area (Å²) in [6, 6.07) is 14.2. The van der Waals surface area contributed by atoms with Crippen LogP contribution < -0.4 is 16.2 Å². The van der Waals surface area contributed by atoms with Gasteiger partial charge in [0.25, 0.3) is 11.5 Å². The number of rotatable bonds is 3. The maximum atomic E-state index is 14.8. The number of alkyl halides is 2. The number of anilines is 2. The number of nitrogens with zero attached hydrogens (tertiary/aromatic N) is 6. The Hall–Kier alpha value is -4.10. The zero-order chi connectivity index (χ0) is 24.0. The molecule has 8 nitrogen and oxygen atoms in total. The minimum Gasteiger partial charge on any atom is -0.382 e. The van der Waals surface area contributed by atoms with Gasteiger partial charge in [-0.05, 0) is 24.3 Å². The summed E-state index contributed by atoms with van der Waals surface area (Å²) in [6.07, 6.45) is 0.462. The van der Waals surface area contributed by atoms with Gasteiger partial charge in [0.05, 0.1) is 34.2 Å². The van der Waals surface area contributed by atoms with Crippen molar-refractivity contribution in [2.45, 2.75) is 18.4 Å². The standard InChI is InChI=1S/C23H16ClF2N7O/c24-15-7-4-8-16-18(15)22(34)33(13-5-2-1-3-6-13)21(31-16)17-9-23(25,26)11-32(17)20-14(10-27)19(28)29-12-30-20/h1-8,12,17H,9,11H2,(H2,28,29,30)/t17-/m0/s1. The number of halogens is 3. The average Bonchev–Trinajstić information content (AvgIpc) is 3.14. The van der Waals surface area contributed by atoms with Gasteiger partial charge in [-0.3, -0.25) is 9.36 Å². The molecule has 1 fully saturated rings. The molecule has 34 heavy (non-hydrogen) atoms. The van der Waals surface area contributed by atoms with Crippen molar-refractivity contribution in [3.8, 4) is 11.8 Å². The normalized spacial score (nSPS) is 17.1. The van der Waals surface area contributed by atoms with Crippen LogP contribution in [-0.2, 0) is 0 Å². The molecule has 5 rings (SSSR count). The van der Waals surface area contributed by atoms with Crippen LogP contribution >= 0.6 is 11.6 Å². The van der Waals surface area contributed by atoms with E-state index in [1.54, 1.807) is 48.5 Å². The van der Waals surface area contributed by atoms with Gasteiger partial charge in [0.1, 0.15) is 29.6 Å². The molecule has 1 aliphatic rings. The number of hydrogen-bond acceptors (Lipinski definition) is 7. The third kappa shape index (κ3) is 3.50. The topological polar surface area (TPSA) is 114 Å². The van der Waals surface area contributed by atoms with Crippen LogP contribution in [0.4, 0.5) is 20.4 Å². The highest BCUT2D eigenvalue weighted by Gasteiger charge is 2.49. The average molecular weight is 480 g/mol. The van der Waals surface area contributed by atoms with Gasteiger partial charge < -0.3 is 10.6 Å². The van der Waals surface area contributed by atoms with E-state index in [0.29, 0.717) is 5.69 Å². The first-order valence-electron chi connectivity index (χ1n) is 10.2. The van der Waals surface area contributed by atoms with E-state index in [4.69, 9.17) is 17.3 Å². The quantitative estimate of drug-likeness (QED) is 0.474. The highest BCUT2D eigenvalue weighted by Crippen LogP contribution is 2.44. The van der Waals surface area contributed by atoms with E-state index < -0.39 is 30.5 Å². The third-order valence-corrected chi connectivity index (χ3v) is 6.01. The molecule has 3 heterocycles. The van der Waals surface area contributed by atoms with E-state index in [2.05, 4.69) is 15.0 Å². The lowest BCUT2D eigenvalue weighted by Gasteiger charge is -2.27. The molecule has 4 aromatic rings. The highest BCUT2D eigenvalue weighted by molar-refractivity contribution is 6.35. The van der Waals surface area contributed by atoms with Crippen molar-refractivity contribution in [2.75, 3.05) is 17.2 Å². The molecule has 1 aliphatic heterocycles. The summed E-state index contributed by atoms with van der Waals surface area (Å²) in [5.41, 5.74) is 5.92. The van der Waals surface area contributed by atoms with Gasteiger partial charge in [0.2, 0.25) is 0 Å². The minimum absolute atomic E-state index is 0.0442. The Labute approximate surface area is 196 Å². The molecule has 0 saturated carbocycles. The molecule has 0 radical (unpaired) electrons. The number of para-hydroxylation sites is 1. The van der Waals surface area contributed by atoms with Crippen LogP contribution in [-0.4, -0.2) is 32.0 Å². The highest BCUT2D eigenvalue weighted by atomic mass is 35.5. The molecule has 11 heteroatoms. The summed E-state index contributed by atoms with van der Waals surface area (Å²) in [5.74, 6) is -3.23. The maximum absolute atomic E-state index is 14.8. The molecule has 0 amide bonds. The summed E-state index contributed by atoms with van der Waals surface area (Å²) in [7, 11) is 0. The Kier molecular flexibility index (Phi) is 5.14. The van der Waals surface area contributed by atoms with E-state index in [1.165, 1.54) is 9.47 Å². The van der Waals surface area contributed by atoms with E-state index in [1.807, 2.05) is 6.07 Å². The first-order valence-corrected chi connectivity index (χ1v) is 10.6. The van der Waals surface area contributed by atoms with Gasteiger partial charge >= 0.3 is 0 Å². The second kappa shape index (κ2) is 8.04. The molecule has 2 aromatic heterocycles. The zero-order valence-corrected chi connectivity index (χ0v) is 18.2.